The Balaban J connectivity index is 0.895. The van der Waals surface area contributed by atoms with E-state index in [0.717, 1.165) is 43.6 Å². The summed E-state index contributed by atoms with van der Waals surface area (Å²) < 4.78 is 10.5. The van der Waals surface area contributed by atoms with Crippen LogP contribution in [0.4, 0.5) is 5.69 Å². The van der Waals surface area contributed by atoms with Crippen molar-refractivity contribution in [3.8, 4) is 16.2 Å². The topological polar surface area (TPSA) is 205 Å². The summed E-state index contributed by atoms with van der Waals surface area (Å²) in [6.07, 6.45) is 2.73. The predicted octanol–water partition coefficient (Wildman–Crippen LogP) is 6.96. The third kappa shape index (κ3) is 13.8. The Morgan fingerprint density at radius 1 is 0.897 bits per heavy atom. The van der Waals surface area contributed by atoms with Crippen molar-refractivity contribution in [2.75, 3.05) is 32.1 Å². The lowest BCUT2D eigenvalue weighted by Crippen LogP contribution is -2.57. The average molecular weight is 945 g/mol. The second-order valence-corrected chi connectivity index (χ2v) is 18.9. The van der Waals surface area contributed by atoms with Crippen LogP contribution >= 0.6 is 11.3 Å². The number of aromatic nitrogens is 1. The van der Waals surface area contributed by atoms with E-state index in [-0.39, 0.29) is 56.2 Å². The molecule has 2 heterocycles. The Labute approximate surface area is 400 Å². The first-order valence-corrected chi connectivity index (χ1v) is 23.5. The molecule has 0 radical (unpaired) electrons. The van der Waals surface area contributed by atoms with Crippen molar-refractivity contribution in [3.63, 3.8) is 0 Å². The molecule has 5 amide bonds. The molecule has 1 aliphatic rings. The van der Waals surface area contributed by atoms with Crippen LogP contribution in [0.25, 0.3) is 26.8 Å². The van der Waals surface area contributed by atoms with Gasteiger partial charge in [0.15, 0.2) is 6.61 Å². The third-order valence-corrected chi connectivity index (χ3v) is 12.6. The van der Waals surface area contributed by atoms with E-state index >= 15 is 0 Å². The molecule has 6 rings (SSSR count). The Morgan fingerprint density at radius 3 is 2.37 bits per heavy atom. The molecule has 5 N–H and O–H groups in total. The highest BCUT2D eigenvalue weighted by Gasteiger charge is 2.44. The monoisotopic (exact) mass is 944 g/mol. The number of hydrogen-bond acceptors (Lipinski definition) is 11. The fraction of sp³-hybridized carbons (Fsp3) is 0.365. The molecule has 1 saturated heterocycles. The number of methoxy groups -OCH3 is 1. The molecule has 358 valence electrons. The van der Waals surface area contributed by atoms with E-state index in [0.29, 0.717) is 42.8 Å². The zero-order valence-corrected chi connectivity index (χ0v) is 40.2. The lowest BCUT2D eigenvalue weighted by molar-refractivity contribution is -0.144. The number of thiazole rings is 1. The number of aliphatic hydroxyl groups is 1. The molecule has 3 atom stereocenters. The van der Waals surface area contributed by atoms with Crippen LogP contribution in [0.15, 0.2) is 96.5 Å². The Morgan fingerprint density at radius 2 is 1.65 bits per heavy atom. The van der Waals surface area contributed by atoms with Gasteiger partial charge < -0.3 is 40.7 Å². The maximum atomic E-state index is 14.0. The molecule has 0 aliphatic carbocycles. The Hall–Kier alpha value is -6.91. The van der Waals surface area contributed by atoms with Crippen LogP contribution in [0, 0.1) is 12.3 Å². The zero-order chi connectivity index (χ0) is 49.0. The van der Waals surface area contributed by atoms with Crippen LogP contribution in [-0.2, 0) is 35.3 Å². The number of fused-ring (bicyclic) bond motifs is 1. The number of carbonyl (C=O) groups is 6. The number of hydrogen-bond donors (Lipinski definition) is 5. The van der Waals surface area contributed by atoms with Crippen LogP contribution in [0.2, 0.25) is 0 Å². The maximum Gasteiger partial charge on any atom is 0.337 e. The summed E-state index contributed by atoms with van der Waals surface area (Å²) in [7, 11) is 1.30. The molecule has 0 unspecified atom stereocenters. The van der Waals surface area contributed by atoms with Crippen LogP contribution in [-0.4, -0.2) is 95.5 Å². The van der Waals surface area contributed by atoms with E-state index in [9.17, 15) is 33.9 Å². The molecule has 1 aliphatic heterocycles. The lowest BCUT2D eigenvalue weighted by Gasteiger charge is -2.35. The molecule has 1 fully saturated rings. The number of likely N-dealkylation sites (tertiary alicyclic amines) is 1. The van der Waals surface area contributed by atoms with Crippen molar-refractivity contribution < 1.29 is 43.3 Å². The number of aliphatic hydroxyl groups excluding tert-OH is 1. The van der Waals surface area contributed by atoms with Gasteiger partial charge in [0.1, 0.15) is 17.8 Å². The number of nitrogens with one attached hydrogen (secondary N) is 4. The summed E-state index contributed by atoms with van der Waals surface area (Å²) in [6, 6.07) is 23.8. The van der Waals surface area contributed by atoms with Crippen molar-refractivity contribution in [3.05, 3.63) is 119 Å². The quantitative estimate of drug-likeness (QED) is 0.0327. The number of anilines is 1. The molecule has 15 nitrogen and oxygen atoms in total. The number of nitrogens with zero attached hydrogens (tertiary/aromatic N) is 2. The van der Waals surface area contributed by atoms with Crippen LogP contribution in [0.3, 0.4) is 0 Å². The molecule has 68 heavy (non-hydrogen) atoms. The first-order chi connectivity index (χ1) is 32.5. The van der Waals surface area contributed by atoms with Crippen molar-refractivity contribution in [2.45, 2.75) is 91.5 Å². The number of aryl methyl sites for hydroxylation is 1. The molecular weight excluding hydrogens is 885 g/mol. The molecule has 1 aromatic heterocycles. The lowest BCUT2D eigenvalue weighted by atomic mass is 9.85. The van der Waals surface area contributed by atoms with Gasteiger partial charge in [0.2, 0.25) is 23.6 Å². The summed E-state index contributed by atoms with van der Waals surface area (Å²) in [4.78, 5) is 84.6. The number of unbranched alkanes of at least 4 members (excludes halogenated alkanes) is 2. The number of carbonyl (C=O) groups excluding carboxylic acids is 6. The van der Waals surface area contributed by atoms with Gasteiger partial charge in [-0.25, -0.2) is 9.78 Å². The zero-order valence-electron chi connectivity index (χ0n) is 39.3. The van der Waals surface area contributed by atoms with Crippen LogP contribution in [0.1, 0.15) is 87.0 Å². The number of ether oxygens (including phenoxy) is 2. The summed E-state index contributed by atoms with van der Waals surface area (Å²) >= 11 is 1.57. The van der Waals surface area contributed by atoms with E-state index in [1.165, 1.54) is 18.1 Å². The number of esters is 1. The van der Waals surface area contributed by atoms with Gasteiger partial charge in [0.05, 0.1) is 34.9 Å². The van der Waals surface area contributed by atoms with E-state index < -0.39 is 35.5 Å². The van der Waals surface area contributed by atoms with Crippen LogP contribution in [0.5, 0.6) is 5.75 Å². The molecule has 0 bridgehead atoms. The second kappa shape index (κ2) is 23.2. The second-order valence-electron chi connectivity index (χ2n) is 18.0. The molecular formula is C52H60N6O9S. The van der Waals surface area contributed by atoms with Gasteiger partial charge in [0.25, 0.3) is 5.91 Å². The van der Waals surface area contributed by atoms with E-state index in [1.54, 1.807) is 41.7 Å². The highest BCUT2D eigenvalue weighted by molar-refractivity contribution is 7.13. The van der Waals surface area contributed by atoms with Gasteiger partial charge in [-0.15, -0.1) is 11.3 Å². The fourth-order valence-electron chi connectivity index (χ4n) is 7.89. The standard InChI is InChI=1S/C52H60N6O9S/c1-32(23-45(61)56-40-12-10-11-39(25-40)51(65)66-6)36-18-19-38-26-42(21-20-37(38)24-36)67-30-46(62)53-22-9-7-8-13-44(60)57-48(52(3,4)5)50(64)58-29-41(59)27-43(58)49(63)54-28-34-14-16-35(17-15-34)47-33(2)55-31-68-47/h10-12,14-21,23-26,31,41,43,48,59H,7-9,13,22,27-30H2,1-6H3,(H,53,62)(H,54,63)(H,56,61)(H,57,60)/b32-23+/t41-,43+,48+/m1/s1. The Kier molecular flexibility index (Phi) is 17.2. The van der Waals surface area contributed by atoms with Crippen LogP contribution < -0.4 is 26.0 Å². The smallest absolute Gasteiger partial charge is 0.337 e. The van der Waals surface area contributed by atoms with Gasteiger partial charge in [-0.05, 0) is 102 Å². The van der Waals surface area contributed by atoms with Crippen molar-refractivity contribution >= 4 is 68.9 Å². The van der Waals surface area contributed by atoms with E-state index in [2.05, 4.69) is 26.3 Å². The van der Waals surface area contributed by atoms with Gasteiger partial charge in [-0.3, -0.25) is 24.0 Å². The van der Waals surface area contributed by atoms with Gasteiger partial charge in [-0.2, -0.15) is 0 Å². The summed E-state index contributed by atoms with van der Waals surface area (Å²) in [5, 5.41) is 23.8. The van der Waals surface area contributed by atoms with Crippen molar-refractivity contribution in [1.82, 2.24) is 25.8 Å². The normalized spacial score (nSPS) is 15.3. The first-order valence-electron chi connectivity index (χ1n) is 22.7. The Bertz CT molecular complexity index is 2660. The molecule has 4 aromatic carbocycles. The number of β-amino-alcohol motifs (C(OH)–C–C–N with tert-alkyl or cyclic N) is 1. The van der Waals surface area contributed by atoms with Gasteiger partial charge >= 0.3 is 5.97 Å². The number of rotatable bonds is 19. The fourth-order valence-corrected chi connectivity index (χ4v) is 8.70. The number of allylic oxidation sites excluding steroid dienone is 1. The maximum absolute atomic E-state index is 14.0. The van der Waals surface area contributed by atoms with Gasteiger partial charge in [0, 0.05) is 44.2 Å². The minimum Gasteiger partial charge on any atom is -0.484 e. The summed E-state index contributed by atoms with van der Waals surface area (Å²) in [6.45, 7) is 9.82. The van der Waals surface area contributed by atoms with Gasteiger partial charge in [-0.1, -0.05) is 75.7 Å². The summed E-state index contributed by atoms with van der Waals surface area (Å²) in [5.41, 5.74) is 6.42. The average Bonchev–Trinajstić information content (AvgIpc) is 3.94. The molecule has 0 spiro atoms. The minimum absolute atomic E-state index is 0.00912. The molecule has 5 aromatic rings. The predicted molar refractivity (Wildman–Crippen MR) is 263 cm³/mol. The highest BCUT2D eigenvalue weighted by Crippen LogP contribution is 2.29. The molecule has 16 heteroatoms. The third-order valence-electron chi connectivity index (χ3n) is 11.6. The minimum atomic E-state index is -0.920. The SMILES string of the molecule is COC(=O)c1cccc(NC(=O)/C=C(\C)c2ccc3cc(OCC(=O)NCCCCCC(=O)N[C@@H](C(=O)N4C[C@H](O)C[C@H]4C(=O)NCc4ccc(-c5scnc5C)cc4)C(C)(C)C)ccc3c2)c1. The number of benzene rings is 4. The number of amides is 5. The molecule has 0 saturated carbocycles. The van der Waals surface area contributed by atoms with E-state index in [4.69, 9.17) is 9.47 Å². The van der Waals surface area contributed by atoms with E-state index in [1.807, 2.05) is 94.7 Å². The first kappa shape index (κ1) is 50.5. The van der Waals surface area contributed by atoms with Crippen molar-refractivity contribution in [2.24, 2.45) is 5.41 Å². The largest absolute Gasteiger partial charge is 0.484 e. The van der Waals surface area contributed by atoms with Crippen molar-refractivity contribution in [1.29, 1.82) is 0 Å². The summed E-state index contributed by atoms with van der Waals surface area (Å²) in [5.74, 6) is -1.67. The highest BCUT2D eigenvalue weighted by atomic mass is 32.1.